The van der Waals surface area contributed by atoms with Crippen LogP contribution in [0.3, 0.4) is 0 Å². The predicted octanol–water partition coefficient (Wildman–Crippen LogP) is 2.77. The van der Waals surface area contributed by atoms with E-state index in [-0.39, 0.29) is 11.8 Å². The van der Waals surface area contributed by atoms with Crippen molar-refractivity contribution in [2.24, 2.45) is 18.0 Å². The third-order valence-electron chi connectivity index (χ3n) is 4.82. The van der Waals surface area contributed by atoms with E-state index >= 15 is 0 Å². The molecule has 1 saturated carbocycles. The number of rotatable bonds is 7. The minimum Gasteiger partial charge on any atom is -0.357 e. The minimum atomic E-state index is 0.191. The molecular weight excluding hydrogens is 350 g/mol. The summed E-state index contributed by atoms with van der Waals surface area (Å²) in [5.41, 5.74) is 1.12. The Morgan fingerprint density at radius 3 is 2.69 bits per heavy atom. The fraction of sp³-hybridized carbons (Fsp3) is 0.684. The molecule has 146 valence electrons. The Labute approximate surface area is 162 Å². The maximum absolute atomic E-state index is 12.2. The van der Waals surface area contributed by atoms with Crippen LogP contribution in [-0.2, 0) is 18.4 Å². The van der Waals surface area contributed by atoms with Gasteiger partial charge >= 0.3 is 0 Å². The van der Waals surface area contributed by atoms with E-state index < -0.39 is 0 Å². The predicted molar refractivity (Wildman–Crippen MR) is 107 cm³/mol. The molecule has 0 spiro atoms. The summed E-state index contributed by atoms with van der Waals surface area (Å²) in [6.07, 6.45) is 7.57. The third kappa shape index (κ3) is 6.24. The van der Waals surface area contributed by atoms with Gasteiger partial charge < -0.3 is 20.1 Å². The molecule has 2 N–H and O–H groups in total. The zero-order valence-corrected chi connectivity index (χ0v) is 17.0. The SMILES string of the molecule is CCNC(=NCCNC(=O)C1CCCCC1)N(C)Cc1cc(Cl)cn1C. The highest BCUT2D eigenvalue weighted by atomic mass is 35.5. The maximum Gasteiger partial charge on any atom is 0.223 e. The van der Waals surface area contributed by atoms with Gasteiger partial charge in [0.1, 0.15) is 0 Å². The van der Waals surface area contributed by atoms with Gasteiger partial charge in [-0.25, -0.2) is 0 Å². The fourth-order valence-electron chi connectivity index (χ4n) is 3.36. The third-order valence-corrected chi connectivity index (χ3v) is 5.03. The molecule has 1 heterocycles. The topological polar surface area (TPSA) is 61.7 Å². The second-order valence-electron chi connectivity index (χ2n) is 6.98. The highest BCUT2D eigenvalue weighted by molar-refractivity contribution is 6.30. The summed E-state index contributed by atoms with van der Waals surface area (Å²) in [6, 6.07) is 1.96. The molecule has 0 aliphatic heterocycles. The Morgan fingerprint density at radius 2 is 2.08 bits per heavy atom. The molecular formula is C19H32ClN5O. The van der Waals surface area contributed by atoms with E-state index in [9.17, 15) is 4.79 Å². The van der Waals surface area contributed by atoms with Crippen molar-refractivity contribution in [2.75, 3.05) is 26.7 Å². The van der Waals surface area contributed by atoms with Gasteiger partial charge in [-0.15, -0.1) is 0 Å². The Bertz CT molecular complexity index is 607. The van der Waals surface area contributed by atoms with Gasteiger partial charge in [0.05, 0.1) is 18.1 Å². The number of carbonyl (C=O) groups is 1. The number of amides is 1. The van der Waals surface area contributed by atoms with Crippen LogP contribution >= 0.6 is 11.6 Å². The van der Waals surface area contributed by atoms with Crippen LogP contribution in [0, 0.1) is 5.92 Å². The van der Waals surface area contributed by atoms with Gasteiger partial charge in [0.2, 0.25) is 5.91 Å². The van der Waals surface area contributed by atoms with E-state index in [4.69, 9.17) is 11.6 Å². The average Bonchev–Trinajstić information content (AvgIpc) is 2.95. The van der Waals surface area contributed by atoms with Crippen LogP contribution in [-0.4, -0.2) is 48.0 Å². The monoisotopic (exact) mass is 381 g/mol. The molecule has 2 rings (SSSR count). The smallest absolute Gasteiger partial charge is 0.223 e. The van der Waals surface area contributed by atoms with Crippen molar-refractivity contribution in [3.63, 3.8) is 0 Å². The summed E-state index contributed by atoms with van der Waals surface area (Å²) < 4.78 is 2.02. The number of hydrogen-bond donors (Lipinski definition) is 2. The Morgan fingerprint density at radius 1 is 1.35 bits per heavy atom. The summed E-state index contributed by atoms with van der Waals surface area (Å²) in [7, 11) is 3.99. The standard InChI is InChI=1S/C19H32ClN5O/c1-4-21-19(25(3)14-17-12-16(20)13-24(17)2)23-11-10-22-18(26)15-8-6-5-7-9-15/h12-13,15H,4-11,14H2,1-3H3,(H,21,23)(H,22,26). The van der Waals surface area contributed by atoms with Gasteiger partial charge in [-0.1, -0.05) is 30.9 Å². The molecule has 0 atom stereocenters. The second-order valence-corrected chi connectivity index (χ2v) is 7.41. The van der Waals surface area contributed by atoms with E-state index in [2.05, 4.69) is 20.5 Å². The molecule has 0 aromatic carbocycles. The Balaban J connectivity index is 1.83. The fourth-order valence-corrected chi connectivity index (χ4v) is 3.63. The molecule has 1 aliphatic rings. The largest absolute Gasteiger partial charge is 0.357 e. The molecule has 1 aliphatic carbocycles. The Kier molecular flexibility index (Phi) is 8.29. The maximum atomic E-state index is 12.2. The molecule has 0 unspecified atom stereocenters. The average molecular weight is 382 g/mol. The van der Waals surface area contributed by atoms with Crippen molar-refractivity contribution in [1.82, 2.24) is 20.1 Å². The number of hydrogen-bond acceptors (Lipinski definition) is 2. The Hall–Kier alpha value is -1.69. The van der Waals surface area contributed by atoms with Crippen molar-refractivity contribution in [3.05, 3.63) is 23.0 Å². The second kappa shape index (κ2) is 10.5. The normalized spacial score (nSPS) is 15.8. The van der Waals surface area contributed by atoms with E-state index in [1.165, 1.54) is 19.3 Å². The minimum absolute atomic E-state index is 0.191. The van der Waals surface area contributed by atoms with E-state index in [1.54, 1.807) is 0 Å². The quantitative estimate of drug-likeness (QED) is 0.433. The van der Waals surface area contributed by atoms with Gasteiger partial charge in [0, 0.05) is 45.0 Å². The highest BCUT2D eigenvalue weighted by Gasteiger charge is 2.20. The summed E-state index contributed by atoms with van der Waals surface area (Å²) in [5, 5.41) is 7.08. The number of aryl methyl sites for hydroxylation is 1. The number of aliphatic imine (C=N–C) groups is 1. The molecule has 7 heteroatoms. The molecule has 1 fully saturated rings. The molecule has 1 aromatic heterocycles. The van der Waals surface area contributed by atoms with Gasteiger partial charge in [0.15, 0.2) is 5.96 Å². The first-order valence-corrected chi connectivity index (χ1v) is 9.97. The lowest BCUT2D eigenvalue weighted by molar-refractivity contribution is -0.125. The molecule has 0 bridgehead atoms. The number of nitrogens with zero attached hydrogens (tertiary/aromatic N) is 3. The van der Waals surface area contributed by atoms with Gasteiger partial charge in [-0.3, -0.25) is 9.79 Å². The molecule has 1 aromatic rings. The first kappa shape index (κ1) is 20.6. The summed E-state index contributed by atoms with van der Waals surface area (Å²) in [5.74, 6) is 1.22. The summed E-state index contributed by atoms with van der Waals surface area (Å²) in [4.78, 5) is 18.9. The van der Waals surface area contributed by atoms with Gasteiger partial charge in [-0.05, 0) is 25.8 Å². The van der Waals surface area contributed by atoms with Crippen LogP contribution in [0.2, 0.25) is 5.02 Å². The van der Waals surface area contributed by atoms with Crippen LogP contribution in [0.25, 0.3) is 0 Å². The number of nitrogens with one attached hydrogen (secondary N) is 2. The first-order valence-electron chi connectivity index (χ1n) is 9.59. The number of halogens is 1. The molecule has 0 saturated heterocycles. The van der Waals surface area contributed by atoms with Crippen molar-refractivity contribution >= 4 is 23.5 Å². The lowest BCUT2D eigenvalue weighted by Gasteiger charge is -2.23. The van der Waals surface area contributed by atoms with Crippen molar-refractivity contribution in [3.8, 4) is 0 Å². The highest BCUT2D eigenvalue weighted by Crippen LogP contribution is 2.23. The van der Waals surface area contributed by atoms with Crippen LogP contribution in [0.4, 0.5) is 0 Å². The number of aromatic nitrogens is 1. The van der Waals surface area contributed by atoms with Crippen LogP contribution in [0.15, 0.2) is 17.3 Å². The van der Waals surface area contributed by atoms with E-state index in [0.717, 1.165) is 36.1 Å². The van der Waals surface area contributed by atoms with Crippen molar-refractivity contribution in [1.29, 1.82) is 0 Å². The summed E-state index contributed by atoms with van der Waals surface area (Å²) >= 11 is 6.06. The number of guanidine groups is 1. The first-order chi connectivity index (χ1) is 12.5. The molecule has 1 amide bonds. The van der Waals surface area contributed by atoms with Crippen molar-refractivity contribution in [2.45, 2.75) is 45.6 Å². The van der Waals surface area contributed by atoms with Crippen LogP contribution in [0.5, 0.6) is 0 Å². The van der Waals surface area contributed by atoms with Gasteiger partial charge in [-0.2, -0.15) is 0 Å². The zero-order chi connectivity index (χ0) is 18.9. The lowest BCUT2D eigenvalue weighted by Crippen LogP contribution is -2.39. The van der Waals surface area contributed by atoms with Gasteiger partial charge in [0.25, 0.3) is 0 Å². The summed E-state index contributed by atoms with van der Waals surface area (Å²) in [6.45, 7) is 4.70. The van der Waals surface area contributed by atoms with Crippen molar-refractivity contribution < 1.29 is 4.79 Å². The lowest BCUT2D eigenvalue weighted by atomic mass is 9.89. The number of carbonyl (C=O) groups excluding carboxylic acids is 1. The zero-order valence-electron chi connectivity index (χ0n) is 16.2. The molecule has 0 radical (unpaired) electrons. The van der Waals surface area contributed by atoms with Crippen LogP contribution < -0.4 is 10.6 Å². The van der Waals surface area contributed by atoms with Crippen LogP contribution in [0.1, 0.15) is 44.7 Å². The molecule has 6 nitrogen and oxygen atoms in total. The van der Waals surface area contributed by atoms with E-state index in [0.29, 0.717) is 19.6 Å². The molecule has 26 heavy (non-hydrogen) atoms. The van der Waals surface area contributed by atoms with E-state index in [1.807, 2.05) is 37.8 Å².